The average molecular weight is 347 g/mol. The molecule has 0 spiro atoms. The number of benzene rings is 2. The van der Waals surface area contributed by atoms with Crippen molar-refractivity contribution < 1.29 is 0 Å². The first kappa shape index (κ1) is 16.1. The molecule has 0 aliphatic carbocycles. The van der Waals surface area contributed by atoms with Crippen molar-refractivity contribution in [3.05, 3.63) is 58.1 Å². The highest BCUT2D eigenvalue weighted by Crippen LogP contribution is 2.30. The Morgan fingerprint density at radius 1 is 1.05 bits per heavy atom. The van der Waals surface area contributed by atoms with Crippen LogP contribution in [0.15, 0.2) is 46.9 Å². The maximum atomic E-state index is 3.58. The van der Waals surface area contributed by atoms with Gasteiger partial charge >= 0.3 is 0 Å². The summed E-state index contributed by atoms with van der Waals surface area (Å²) in [5.41, 5.74) is 5.11. The first-order valence-corrected chi connectivity index (χ1v) is 8.28. The molecule has 0 heterocycles. The number of anilines is 2. The van der Waals surface area contributed by atoms with Gasteiger partial charge in [-0.15, -0.1) is 0 Å². The fraction of sp³-hybridized carbons (Fsp3) is 0.333. The summed E-state index contributed by atoms with van der Waals surface area (Å²) in [5.74, 6) is 0. The van der Waals surface area contributed by atoms with Gasteiger partial charge in [-0.3, -0.25) is 0 Å². The van der Waals surface area contributed by atoms with E-state index in [4.69, 9.17) is 0 Å². The van der Waals surface area contributed by atoms with Gasteiger partial charge in [-0.25, -0.2) is 0 Å². The lowest BCUT2D eigenvalue weighted by molar-refractivity contribution is 0.725. The molecule has 0 fully saturated rings. The first-order valence-electron chi connectivity index (χ1n) is 7.49. The van der Waals surface area contributed by atoms with Crippen LogP contribution < -0.4 is 10.2 Å². The van der Waals surface area contributed by atoms with Gasteiger partial charge in [0.05, 0.1) is 0 Å². The van der Waals surface area contributed by atoms with Gasteiger partial charge in [-0.05, 0) is 56.3 Å². The second-order valence-corrected chi connectivity index (χ2v) is 6.05. The molecule has 0 radical (unpaired) electrons. The molecule has 0 unspecified atom stereocenters. The quantitative estimate of drug-likeness (QED) is 0.789. The average Bonchev–Trinajstić information content (AvgIpc) is 2.49. The van der Waals surface area contributed by atoms with E-state index in [0.29, 0.717) is 0 Å². The summed E-state index contributed by atoms with van der Waals surface area (Å²) in [6.07, 6.45) is 0. The second-order valence-electron chi connectivity index (χ2n) is 5.13. The third-order valence-electron chi connectivity index (χ3n) is 3.56. The second kappa shape index (κ2) is 7.62. The van der Waals surface area contributed by atoms with Crippen LogP contribution in [-0.2, 0) is 6.54 Å². The number of nitrogens with one attached hydrogen (secondary N) is 1. The van der Waals surface area contributed by atoms with Gasteiger partial charge in [0.2, 0.25) is 0 Å². The molecule has 0 saturated carbocycles. The normalized spacial score (nSPS) is 10.7. The lowest BCUT2D eigenvalue weighted by Crippen LogP contribution is -2.20. The Balaban J connectivity index is 2.39. The molecule has 0 aliphatic rings. The van der Waals surface area contributed by atoms with Crippen LogP contribution in [0.5, 0.6) is 0 Å². The first-order chi connectivity index (χ1) is 10.2. The zero-order valence-corrected chi connectivity index (χ0v) is 14.6. The van der Waals surface area contributed by atoms with Crippen LogP contribution in [0.2, 0.25) is 0 Å². The molecule has 112 valence electrons. The highest BCUT2D eigenvalue weighted by atomic mass is 79.9. The fourth-order valence-corrected chi connectivity index (χ4v) is 2.84. The van der Waals surface area contributed by atoms with E-state index in [1.165, 1.54) is 22.5 Å². The molecule has 0 saturated heterocycles. The molecule has 0 atom stereocenters. The van der Waals surface area contributed by atoms with Gasteiger partial charge in [-0.1, -0.05) is 40.5 Å². The topological polar surface area (TPSA) is 15.3 Å². The minimum Gasteiger partial charge on any atom is -0.342 e. The highest BCUT2D eigenvalue weighted by Gasteiger charge is 2.12. The van der Waals surface area contributed by atoms with E-state index in [-0.39, 0.29) is 0 Å². The van der Waals surface area contributed by atoms with Crippen LogP contribution in [0.1, 0.15) is 25.0 Å². The van der Waals surface area contributed by atoms with Crippen molar-refractivity contribution in [1.29, 1.82) is 0 Å². The van der Waals surface area contributed by atoms with Crippen molar-refractivity contribution in [3.63, 3.8) is 0 Å². The monoisotopic (exact) mass is 346 g/mol. The molecule has 2 rings (SSSR count). The maximum Gasteiger partial charge on any atom is 0.0457 e. The third kappa shape index (κ3) is 4.08. The van der Waals surface area contributed by atoms with Gasteiger partial charge in [0.15, 0.2) is 0 Å². The van der Waals surface area contributed by atoms with Gasteiger partial charge in [0.1, 0.15) is 0 Å². The van der Waals surface area contributed by atoms with E-state index in [9.17, 15) is 0 Å². The predicted molar refractivity (Wildman–Crippen MR) is 95.4 cm³/mol. The van der Waals surface area contributed by atoms with Gasteiger partial charge < -0.3 is 10.2 Å². The summed E-state index contributed by atoms with van der Waals surface area (Å²) in [6.45, 7) is 9.25. The summed E-state index contributed by atoms with van der Waals surface area (Å²) >= 11 is 3.58. The summed E-state index contributed by atoms with van der Waals surface area (Å²) in [7, 11) is 0. The van der Waals surface area contributed by atoms with Crippen LogP contribution in [0.3, 0.4) is 0 Å². The van der Waals surface area contributed by atoms with Crippen molar-refractivity contribution in [1.82, 2.24) is 5.32 Å². The van der Waals surface area contributed by atoms with Gasteiger partial charge in [0.25, 0.3) is 0 Å². The van der Waals surface area contributed by atoms with Crippen molar-refractivity contribution in [2.75, 3.05) is 18.0 Å². The molecular weight excluding hydrogens is 324 g/mol. The number of aryl methyl sites for hydroxylation is 1. The molecule has 2 nitrogen and oxygen atoms in total. The number of hydrogen-bond acceptors (Lipinski definition) is 2. The van der Waals surface area contributed by atoms with E-state index in [2.05, 4.69) is 89.4 Å². The maximum absolute atomic E-state index is 3.58. The Hall–Kier alpha value is -1.32. The van der Waals surface area contributed by atoms with Crippen LogP contribution in [0.4, 0.5) is 11.4 Å². The highest BCUT2D eigenvalue weighted by molar-refractivity contribution is 9.10. The van der Waals surface area contributed by atoms with Gasteiger partial charge in [-0.2, -0.15) is 0 Å². The molecule has 1 N–H and O–H groups in total. The summed E-state index contributed by atoms with van der Waals surface area (Å²) in [5, 5.41) is 3.42. The third-order valence-corrected chi connectivity index (χ3v) is 4.05. The van der Waals surface area contributed by atoms with Crippen molar-refractivity contribution in [2.24, 2.45) is 0 Å². The zero-order chi connectivity index (χ0) is 15.2. The molecule has 0 aromatic heterocycles. The van der Waals surface area contributed by atoms with Crippen LogP contribution in [-0.4, -0.2) is 13.1 Å². The molecule has 0 aliphatic heterocycles. The Kier molecular flexibility index (Phi) is 5.83. The molecule has 21 heavy (non-hydrogen) atoms. The van der Waals surface area contributed by atoms with Crippen molar-refractivity contribution >= 4 is 27.3 Å². The number of rotatable bonds is 6. The predicted octanol–water partition coefficient (Wildman–Crippen LogP) is 5.03. The Morgan fingerprint density at radius 3 is 2.38 bits per heavy atom. The summed E-state index contributed by atoms with van der Waals surface area (Å²) in [6, 6.07) is 15.2. The Morgan fingerprint density at radius 2 is 1.76 bits per heavy atom. The zero-order valence-electron chi connectivity index (χ0n) is 13.0. The van der Waals surface area contributed by atoms with Gasteiger partial charge in [0, 0.05) is 28.9 Å². The standard InChI is InChI=1S/C18H23BrN2/c1-4-20-13-15-12-16(19)8-11-18(15)21(5-2)17-9-6-14(3)7-10-17/h6-12,20H,4-5,13H2,1-3H3. The molecule has 2 aromatic carbocycles. The van der Waals surface area contributed by atoms with E-state index in [1.54, 1.807) is 0 Å². The molecule has 0 amide bonds. The largest absolute Gasteiger partial charge is 0.342 e. The van der Waals surface area contributed by atoms with Crippen LogP contribution in [0, 0.1) is 6.92 Å². The lowest BCUT2D eigenvalue weighted by atomic mass is 10.1. The van der Waals surface area contributed by atoms with Crippen LogP contribution in [0.25, 0.3) is 0 Å². The van der Waals surface area contributed by atoms with E-state index in [1.807, 2.05) is 0 Å². The SMILES string of the molecule is CCNCc1cc(Br)ccc1N(CC)c1ccc(C)cc1. The minimum atomic E-state index is 0.883. The van der Waals surface area contributed by atoms with E-state index < -0.39 is 0 Å². The molecule has 3 heteroatoms. The number of halogens is 1. The van der Waals surface area contributed by atoms with E-state index in [0.717, 1.165) is 24.1 Å². The summed E-state index contributed by atoms with van der Waals surface area (Å²) in [4.78, 5) is 2.36. The number of hydrogen-bond donors (Lipinski definition) is 1. The Bertz CT molecular complexity index is 578. The molecule has 2 aromatic rings. The summed E-state index contributed by atoms with van der Waals surface area (Å²) < 4.78 is 1.12. The van der Waals surface area contributed by atoms with Crippen molar-refractivity contribution in [2.45, 2.75) is 27.3 Å². The number of nitrogens with zero attached hydrogens (tertiary/aromatic N) is 1. The smallest absolute Gasteiger partial charge is 0.0457 e. The van der Waals surface area contributed by atoms with E-state index >= 15 is 0 Å². The van der Waals surface area contributed by atoms with Crippen LogP contribution >= 0.6 is 15.9 Å². The lowest BCUT2D eigenvalue weighted by Gasteiger charge is -2.26. The minimum absolute atomic E-state index is 0.883. The fourth-order valence-electron chi connectivity index (χ4n) is 2.44. The molecule has 0 bridgehead atoms. The molecular formula is C18H23BrN2. The van der Waals surface area contributed by atoms with Crippen molar-refractivity contribution in [3.8, 4) is 0 Å². The Labute approximate surface area is 136 Å².